The van der Waals surface area contributed by atoms with Gasteiger partial charge in [-0.1, -0.05) is 12.1 Å². The van der Waals surface area contributed by atoms with Gasteiger partial charge in [0.2, 0.25) is 5.91 Å². The molecule has 1 aromatic carbocycles. The summed E-state index contributed by atoms with van der Waals surface area (Å²) >= 11 is 0. The lowest BCUT2D eigenvalue weighted by Crippen LogP contribution is -2.61. The molecule has 1 aliphatic carbocycles. The first-order valence-electron chi connectivity index (χ1n) is 7.31. The van der Waals surface area contributed by atoms with E-state index >= 15 is 0 Å². The fourth-order valence-electron chi connectivity index (χ4n) is 2.67. The van der Waals surface area contributed by atoms with Crippen molar-refractivity contribution in [2.75, 3.05) is 13.7 Å². The average molecular weight is 307 g/mol. The van der Waals surface area contributed by atoms with Crippen LogP contribution >= 0.6 is 0 Å². The van der Waals surface area contributed by atoms with E-state index in [2.05, 4.69) is 5.32 Å². The SMILES string of the molecule is CCOC1CC(NC(=O)Cc2cccc(C(=O)O)c2)C1OC. The summed E-state index contributed by atoms with van der Waals surface area (Å²) in [6.07, 6.45) is 0.769. The van der Waals surface area contributed by atoms with Crippen molar-refractivity contribution in [3.63, 3.8) is 0 Å². The van der Waals surface area contributed by atoms with Crippen LogP contribution in [0.25, 0.3) is 0 Å². The zero-order valence-corrected chi connectivity index (χ0v) is 12.7. The molecule has 1 aromatic rings. The maximum atomic E-state index is 12.1. The lowest BCUT2D eigenvalue weighted by atomic mass is 9.85. The van der Waals surface area contributed by atoms with Gasteiger partial charge in [-0.25, -0.2) is 4.79 Å². The van der Waals surface area contributed by atoms with Crippen molar-refractivity contribution < 1.29 is 24.2 Å². The van der Waals surface area contributed by atoms with E-state index in [1.807, 2.05) is 6.92 Å². The van der Waals surface area contributed by atoms with Gasteiger partial charge in [0, 0.05) is 13.7 Å². The van der Waals surface area contributed by atoms with Crippen molar-refractivity contribution in [3.8, 4) is 0 Å². The van der Waals surface area contributed by atoms with Crippen LogP contribution in [-0.4, -0.2) is 48.9 Å². The van der Waals surface area contributed by atoms with Gasteiger partial charge in [0.25, 0.3) is 0 Å². The van der Waals surface area contributed by atoms with Crippen molar-refractivity contribution in [1.82, 2.24) is 5.32 Å². The molecule has 0 spiro atoms. The molecule has 0 aromatic heterocycles. The molecule has 0 heterocycles. The van der Waals surface area contributed by atoms with E-state index in [9.17, 15) is 9.59 Å². The first-order valence-corrected chi connectivity index (χ1v) is 7.31. The highest BCUT2D eigenvalue weighted by atomic mass is 16.5. The fourth-order valence-corrected chi connectivity index (χ4v) is 2.67. The fraction of sp³-hybridized carbons (Fsp3) is 0.500. The number of benzene rings is 1. The second-order valence-electron chi connectivity index (χ2n) is 5.29. The summed E-state index contributed by atoms with van der Waals surface area (Å²) < 4.78 is 10.9. The molecule has 1 amide bonds. The summed E-state index contributed by atoms with van der Waals surface area (Å²) in [5.41, 5.74) is 0.854. The second kappa shape index (κ2) is 7.38. The van der Waals surface area contributed by atoms with E-state index in [0.29, 0.717) is 12.2 Å². The van der Waals surface area contributed by atoms with E-state index in [1.165, 1.54) is 12.1 Å². The van der Waals surface area contributed by atoms with Gasteiger partial charge in [-0.05, 0) is 31.0 Å². The lowest BCUT2D eigenvalue weighted by Gasteiger charge is -2.43. The van der Waals surface area contributed by atoms with Crippen LogP contribution in [0.15, 0.2) is 24.3 Å². The average Bonchev–Trinajstić information content (AvgIpc) is 2.46. The van der Waals surface area contributed by atoms with Crippen LogP contribution in [0.5, 0.6) is 0 Å². The van der Waals surface area contributed by atoms with Gasteiger partial charge in [-0.15, -0.1) is 0 Å². The minimum Gasteiger partial charge on any atom is -0.478 e. The van der Waals surface area contributed by atoms with Crippen molar-refractivity contribution in [2.45, 2.75) is 38.0 Å². The summed E-state index contributed by atoms with van der Waals surface area (Å²) in [6, 6.07) is 6.34. The molecule has 0 radical (unpaired) electrons. The molecule has 2 rings (SSSR count). The number of carbonyl (C=O) groups is 2. The quantitative estimate of drug-likeness (QED) is 0.791. The van der Waals surface area contributed by atoms with Crippen LogP contribution in [0.3, 0.4) is 0 Å². The largest absolute Gasteiger partial charge is 0.478 e. The molecule has 120 valence electrons. The van der Waals surface area contributed by atoms with E-state index in [0.717, 1.165) is 6.42 Å². The Morgan fingerprint density at radius 2 is 2.18 bits per heavy atom. The Kier molecular flexibility index (Phi) is 5.51. The van der Waals surface area contributed by atoms with Crippen LogP contribution in [-0.2, 0) is 20.7 Å². The van der Waals surface area contributed by atoms with Gasteiger partial charge >= 0.3 is 5.97 Å². The molecule has 0 bridgehead atoms. The minimum atomic E-state index is -1.000. The van der Waals surface area contributed by atoms with Crippen molar-refractivity contribution in [2.24, 2.45) is 0 Å². The second-order valence-corrected chi connectivity index (χ2v) is 5.29. The van der Waals surface area contributed by atoms with E-state index in [4.69, 9.17) is 14.6 Å². The summed E-state index contributed by atoms with van der Waals surface area (Å²) in [4.78, 5) is 23.0. The van der Waals surface area contributed by atoms with Crippen molar-refractivity contribution >= 4 is 11.9 Å². The predicted octanol–water partition coefficient (Wildman–Crippen LogP) is 1.24. The van der Waals surface area contributed by atoms with Crippen LogP contribution in [0.4, 0.5) is 0 Å². The molecule has 1 aliphatic rings. The molecule has 22 heavy (non-hydrogen) atoms. The summed E-state index contributed by atoms with van der Waals surface area (Å²) in [5, 5.41) is 11.9. The number of hydrogen-bond donors (Lipinski definition) is 2. The van der Waals surface area contributed by atoms with Crippen molar-refractivity contribution in [3.05, 3.63) is 35.4 Å². The Bertz CT molecular complexity index is 545. The van der Waals surface area contributed by atoms with E-state index in [1.54, 1.807) is 19.2 Å². The third-order valence-electron chi connectivity index (χ3n) is 3.79. The Morgan fingerprint density at radius 1 is 1.41 bits per heavy atom. The van der Waals surface area contributed by atoms with Crippen LogP contribution < -0.4 is 5.32 Å². The van der Waals surface area contributed by atoms with Crippen LogP contribution in [0, 0.1) is 0 Å². The first kappa shape index (κ1) is 16.5. The van der Waals surface area contributed by atoms with Crippen molar-refractivity contribution in [1.29, 1.82) is 0 Å². The monoisotopic (exact) mass is 307 g/mol. The highest BCUT2D eigenvalue weighted by molar-refractivity contribution is 5.88. The molecule has 1 saturated carbocycles. The van der Waals surface area contributed by atoms with E-state index in [-0.39, 0.29) is 36.1 Å². The van der Waals surface area contributed by atoms with Crippen LogP contribution in [0.1, 0.15) is 29.3 Å². The number of ether oxygens (including phenoxy) is 2. The van der Waals surface area contributed by atoms with E-state index < -0.39 is 5.97 Å². The van der Waals surface area contributed by atoms with Gasteiger partial charge in [0.05, 0.1) is 24.1 Å². The highest BCUT2D eigenvalue weighted by Gasteiger charge is 2.42. The topological polar surface area (TPSA) is 84.9 Å². The zero-order valence-electron chi connectivity index (χ0n) is 12.7. The Hall–Kier alpha value is -1.92. The van der Waals surface area contributed by atoms with Gasteiger partial charge in [0.15, 0.2) is 0 Å². The maximum Gasteiger partial charge on any atom is 0.335 e. The molecule has 0 aliphatic heterocycles. The third kappa shape index (κ3) is 3.84. The number of methoxy groups -OCH3 is 1. The molecule has 6 nitrogen and oxygen atoms in total. The van der Waals surface area contributed by atoms with Gasteiger partial charge in [-0.3, -0.25) is 4.79 Å². The standard InChI is InChI=1S/C16H21NO5/c1-3-22-13-9-12(15(13)21-2)17-14(18)8-10-5-4-6-11(7-10)16(19)20/h4-7,12-13,15H,3,8-9H2,1-2H3,(H,17,18)(H,19,20). The predicted molar refractivity (Wildman–Crippen MR) is 79.9 cm³/mol. The number of hydrogen-bond acceptors (Lipinski definition) is 4. The number of amides is 1. The number of carbonyl (C=O) groups excluding carboxylic acids is 1. The highest BCUT2D eigenvalue weighted by Crippen LogP contribution is 2.26. The summed E-state index contributed by atoms with van der Waals surface area (Å²) in [6.45, 7) is 2.54. The number of carboxylic acid groups (broad SMARTS) is 1. The van der Waals surface area contributed by atoms with Crippen LogP contribution in [0.2, 0.25) is 0 Å². The number of carboxylic acids is 1. The molecule has 1 fully saturated rings. The number of nitrogens with one attached hydrogen (secondary N) is 1. The Morgan fingerprint density at radius 3 is 2.82 bits per heavy atom. The molecular weight excluding hydrogens is 286 g/mol. The first-order chi connectivity index (χ1) is 10.5. The minimum absolute atomic E-state index is 0.0237. The summed E-state index contributed by atoms with van der Waals surface area (Å²) in [5.74, 6) is -1.15. The van der Waals surface area contributed by atoms with Gasteiger partial charge in [0.1, 0.15) is 6.10 Å². The Labute approximate surface area is 129 Å². The third-order valence-corrected chi connectivity index (χ3v) is 3.79. The maximum absolute atomic E-state index is 12.1. The molecule has 0 saturated heterocycles. The number of rotatable bonds is 7. The Balaban J connectivity index is 1.88. The summed E-state index contributed by atoms with van der Waals surface area (Å²) in [7, 11) is 1.60. The molecule has 3 atom stereocenters. The number of aromatic carboxylic acids is 1. The molecular formula is C16H21NO5. The smallest absolute Gasteiger partial charge is 0.335 e. The molecule has 3 unspecified atom stereocenters. The molecule has 6 heteroatoms. The molecule has 2 N–H and O–H groups in total. The normalized spacial score (nSPS) is 23.6. The van der Waals surface area contributed by atoms with Gasteiger partial charge in [-0.2, -0.15) is 0 Å². The lowest BCUT2D eigenvalue weighted by molar-refractivity contribution is -0.142. The zero-order chi connectivity index (χ0) is 16.1. The van der Waals surface area contributed by atoms with Gasteiger partial charge < -0.3 is 19.9 Å².